The number of rotatable bonds is 6. The van der Waals surface area contributed by atoms with Crippen LogP contribution in [-0.4, -0.2) is 47.4 Å². The summed E-state index contributed by atoms with van der Waals surface area (Å²) in [5, 5.41) is 0. The van der Waals surface area contributed by atoms with E-state index in [2.05, 4.69) is 14.0 Å². The maximum absolute atomic E-state index is 10.4. The van der Waals surface area contributed by atoms with Crippen molar-refractivity contribution < 1.29 is 31.5 Å². The maximum Gasteiger partial charge on any atom is 0.471 e. The van der Waals surface area contributed by atoms with Gasteiger partial charge in [0.25, 0.3) is 10.1 Å². The number of aromatic nitrogens is 2. The third kappa shape index (κ3) is 9.18. The predicted molar refractivity (Wildman–Crippen MR) is 71.8 cm³/mol. The molecule has 20 heavy (non-hydrogen) atoms. The second-order valence-electron chi connectivity index (χ2n) is 3.68. The largest absolute Gasteiger partial charge is 0.471 e. The van der Waals surface area contributed by atoms with Gasteiger partial charge in [-0.2, -0.15) is 8.42 Å². The summed E-state index contributed by atoms with van der Waals surface area (Å²) in [4.78, 5) is 12.3. The molecular formula is C9H19N2O7PS. The summed E-state index contributed by atoms with van der Waals surface area (Å²) in [7, 11) is -3.44. The van der Waals surface area contributed by atoms with Gasteiger partial charge in [-0.15, -0.1) is 0 Å². The molecule has 0 amide bonds. The summed E-state index contributed by atoms with van der Waals surface area (Å²) in [5.41, 5.74) is 0. The molecule has 0 saturated heterocycles. The van der Waals surface area contributed by atoms with Crippen LogP contribution in [0.5, 0.6) is 0 Å². The molecule has 0 bridgehead atoms. The van der Waals surface area contributed by atoms with Crippen LogP contribution in [0.25, 0.3) is 0 Å². The van der Waals surface area contributed by atoms with Gasteiger partial charge >= 0.3 is 7.82 Å². The number of hydrogen-bond acceptors (Lipinski definition) is 6. The molecule has 1 heterocycles. The van der Waals surface area contributed by atoms with Crippen molar-refractivity contribution in [3.8, 4) is 0 Å². The van der Waals surface area contributed by atoms with Crippen LogP contribution in [0.2, 0.25) is 0 Å². The average Bonchev–Trinajstić information content (AvgIpc) is 2.75. The van der Waals surface area contributed by atoms with E-state index in [-0.39, 0.29) is 5.75 Å². The lowest BCUT2D eigenvalue weighted by molar-refractivity contribution is 0.204. The quantitative estimate of drug-likeness (QED) is 0.574. The number of hydrogen-bond donors (Lipinski definition) is 2. The first-order valence-electron chi connectivity index (χ1n) is 5.47. The number of phosphoric acid groups is 1. The Bertz CT molecular complexity index is 534. The smallest absolute Gasteiger partial charge is 0.338 e. The van der Waals surface area contributed by atoms with Crippen LogP contribution in [-0.2, 0) is 37.2 Å². The molecule has 0 radical (unpaired) electrons. The van der Waals surface area contributed by atoms with Gasteiger partial charge in [-0.3, -0.25) is 13.6 Å². The van der Waals surface area contributed by atoms with Gasteiger partial charge in [-0.25, -0.2) is 9.55 Å². The van der Waals surface area contributed by atoms with Crippen LogP contribution in [0.3, 0.4) is 0 Å². The van der Waals surface area contributed by atoms with E-state index in [0.29, 0.717) is 12.8 Å². The zero-order chi connectivity index (χ0) is 15.8. The van der Waals surface area contributed by atoms with Crippen molar-refractivity contribution in [2.75, 3.05) is 20.0 Å². The highest BCUT2D eigenvalue weighted by Gasteiger charge is 2.13. The van der Waals surface area contributed by atoms with Gasteiger partial charge in [-0.05, 0) is 6.42 Å². The summed E-state index contributed by atoms with van der Waals surface area (Å²) in [6, 6.07) is 0. The Hall–Kier alpha value is -0.770. The number of aryl methyl sites for hydroxylation is 2. The molecular weight excluding hydrogens is 311 g/mol. The molecule has 9 nitrogen and oxygen atoms in total. The summed E-state index contributed by atoms with van der Waals surface area (Å²) < 4.78 is 49.0. The van der Waals surface area contributed by atoms with Gasteiger partial charge in [0.05, 0.1) is 5.75 Å². The third-order valence-corrected chi connectivity index (χ3v) is 3.91. The van der Waals surface area contributed by atoms with E-state index in [1.807, 2.05) is 11.6 Å². The Labute approximate surface area is 117 Å². The fraction of sp³-hybridized carbons (Fsp3) is 0.667. The highest BCUT2D eigenvalue weighted by atomic mass is 32.2. The zero-order valence-corrected chi connectivity index (χ0v) is 13.2. The Morgan fingerprint density at radius 1 is 1.40 bits per heavy atom. The minimum absolute atomic E-state index is 0.208. The molecule has 0 aromatic carbocycles. The minimum Gasteiger partial charge on any atom is -0.338 e. The van der Waals surface area contributed by atoms with Gasteiger partial charge in [0.15, 0.2) is 0 Å². The second-order valence-corrected chi connectivity index (χ2v) is 6.92. The SMILES string of the molecule is COP(=O)(O)OC.Cn1ccnc1CCCS(=O)(=O)O. The van der Waals surface area contributed by atoms with E-state index >= 15 is 0 Å². The Morgan fingerprint density at radius 3 is 2.25 bits per heavy atom. The maximum atomic E-state index is 10.4. The molecule has 0 aliphatic rings. The summed E-state index contributed by atoms with van der Waals surface area (Å²) >= 11 is 0. The van der Waals surface area contributed by atoms with Crippen LogP contribution in [0.15, 0.2) is 12.4 Å². The molecule has 1 aromatic rings. The first-order valence-corrected chi connectivity index (χ1v) is 8.57. The summed E-state index contributed by atoms with van der Waals surface area (Å²) in [5.74, 6) is 0.614. The minimum atomic E-state index is -3.83. The van der Waals surface area contributed by atoms with Gasteiger partial charge in [0.2, 0.25) is 0 Å². The standard InChI is InChI=1S/C7H12N2O3S.C2H7O4P/c1-9-5-4-8-7(9)3-2-6-13(10,11)12;1-5-7(3,4)6-2/h4-5H,2-3,6H2,1H3,(H,10,11,12);1-2H3,(H,3,4). The highest BCUT2D eigenvalue weighted by molar-refractivity contribution is 7.85. The van der Waals surface area contributed by atoms with Crippen molar-refractivity contribution >= 4 is 17.9 Å². The topological polar surface area (TPSA) is 128 Å². The third-order valence-electron chi connectivity index (χ3n) is 2.19. The van der Waals surface area contributed by atoms with E-state index in [0.717, 1.165) is 20.0 Å². The molecule has 0 fully saturated rings. The molecule has 11 heteroatoms. The molecule has 1 rings (SSSR count). The molecule has 0 aliphatic heterocycles. The van der Waals surface area contributed by atoms with Crippen molar-refractivity contribution in [2.45, 2.75) is 12.8 Å². The fourth-order valence-electron chi connectivity index (χ4n) is 1.12. The van der Waals surface area contributed by atoms with Crippen molar-refractivity contribution in [3.63, 3.8) is 0 Å². The Morgan fingerprint density at radius 2 is 1.95 bits per heavy atom. The van der Waals surface area contributed by atoms with Crippen molar-refractivity contribution in [1.82, 2.24) is 9.55 Å². The number of imidazole rings is 1. The van der Waals surface area contributed by atoms with Crippen LogP contribution >= 0.6 is 7.82 Å². The highest BCUT2D eigenvalue weighted by Crippen LogP contribution is 2.40. The van der Waals surface area contributed by atoms with Gasteiger partial charge < -0.3 is 9.46 Å². The van der Waals surface area contributed by atoms with Crippen LogP contribution in [0.4, 0.5) is 0 Å². The normalized spacial score (nSPS) is 11.8. The lowest BCUT2D eigenvalue weighted by Gasteiger charge is -2.01. The fourth-order valence-corrected chi connectivity index (χ4v) is 1.78. The molecule has 0 atom stereocenters. The van der Waals surface area contributed by atoms with E-state index < -0.39 is 17.9 Å². The summed E-state index contributed by atoms with van der Waals surface area (Å²) in [6.45, 7) is 0. The lowest BCUT2D eigenvalue weighted by Crippen LogP contribution is -2.06. The Kier molecular flexibility index (Phi) is 8.17. The molecule has 2 N–H and O–H groups in total. The second kappa shape index (κ2) is 8.50. The first kappa shape index (κ1) is 19.2. The molecule has 118 valence electrons. The summed E-state index contributed by atoms with van der Waals surface area (Å²) in [6.07, 6.45) is 4.40. The van der Waals surface area contributed by atoms with E-state index in [1.165, 1.54) is 0 Å². The number of phosphoric ester groups is 1. The predicted octanol–water partition coefficient (Wildman–Crippen LogP) is 0.620. The van der Waals surface area contributed by atoms with Crippen molar-refractivity contribution in [1.29, 1.82) is 0 Å². The Balaban J connectivity index is 0.000000441. The zero-order valence-electron chi connectivity index (χ0n) is 11.5. The molecule has 1 aromatic heterocycles. The lowest BCUT2D eigenvalue weighted by atomic mass is 10.3. The van der Waals surface area contributed by atoms with Gasteiger partial charge in [-0.1, -0.05) is 0 Å². The van der Waals surface area contributed by atoms with Gasteiger partial charge in [0.1, 0.15) is 5.82 Å². The first-order chi connectivity index (χ1) is 9.11. The van der Waals surface area contributed by atoms with Crippen molar-refractivity contribution in [3.05, 3.63) is 18.2 Å². The number of nitrogens with zero attached hydrogens (tertiary/aromatic N) is 2. The van der Waals surface area contributed by atoms with Gasteiger partial charge in [0, 0.05) is 40.1 Å². The molecule has 0 saturated carbocycles. The molecule has 0 spiro atoms. The van der Waals surface area contributed by atoms with Crippen LogP contribution in [0, 0.1) is 0 Å². The monoisotopic (exact) mass is 330 g/mol. The average molecular weight is 330 g/mol. The van der Waals surface area contributed by atoms with E-state index in [9.17, 15) is 13.0 Å². The molecule has 0 aliphatic carbocycles. The van der Waals surface area contributed by atoms with E-state index in [4.69, 9.17) is 9.45 Å². The molecule has 0 unspecified atom stereocenters. The van der Waals surface area contributed by atoms with Crippen LogP contribution in [0.1, 0.15) is 12.2 Å². The van der Waals surface area contributed by atoms with Crippen molar-refractivity contribution in [2.24, 2.45) is 7.05 Å². The van der Waals surface area contributed by atoms with E-state index in [1.54, 1.807) is 12.4 Å². The van der Waals surface area contributed by atoms with Crippen LogP contribution < -0.4 is 0 Å².